The van der Waals surface area contributed by atoms with Gasteiger partial charge in [0.2, 0.25) is 0 Å². The molecule has 2 unspecified atom stereocenters. The fourth-order valence-corrected chi connectivity index (χ4v) is 2.86. The molecule has 0 radical (unpaired) electrons. The van der Waals surface area contributed by atoms with E-state index < -0.39 is 0 Å². The van der Waals surface area contributed by atoms with E-state index in [-0.39, 0.29) is 24.7 Å². The highest BCUT2D eigenvalue weighted by molar-refractivity contribution is 5.75. The van der Waals surface area contributed by atoms with Crippen LogP contribution in [0, 0.1) is 0 Å². The normalized spacial score (nSPS) is 18.4. The number of nitrogens with zero attached hydrogens (tertiary/aromatic N) is 1. The molecule has 110 valence electrons. The van der Waals surface area contributed by atoms with Crippen molar-refractivity contribution in [3.8, 4) is 0 Å². The summed E-state index contributed by atoms with van der Waals surface area (Å²) in [5.41, 5.74) is 2.62. The van der Waals surface area contributed by atoms with Crippen molar-refractivity contribution in [2.75, 3.05) is 13.7 Å². The lowest BCUT2D eigenvalue weighted by Crippen LogP contribution is -2.43. The van der Waals surface area contributed by atoms with Crippen LogP contribution in [0.15, 0.2) is 24.3 Å². The average Bonchev–Trinajstić information content (AvgIpc) is 2.88. The third-order valence-corrected chi connectivity index (χ3v) is 4.05. The van der Waals surface area contributed by atoms with Gasteiger partial charge in [-0.2, -0.15) is 0 Å². The van der Waals surface area contributed by atoms with Gasteiger partial charge in [-0.3, -0.25) is 0 Å². The Morgan fingerprint density at radius 3 is 3.00 bits per heavy atom. The second-order valence-corrected chi connectivity index (χ2v) is 5.58. The van der Waals surface area contributed by atoms with E-state index in [0.717, 1.165) is 25.7 Å². The minimum Gasteiger partial charge on any atom is -0.396 e. The fourth-order valence-electron chi connectivity index (χ4n) is 2.86. The molecule has 1 aliphatic rings. The number of carbonyl (C=O) groups is 1. The van der Waals surface area contributed by atoms with Crippen molar-refractivity contribution in [3.63, 3.8) is 0 Å². The van der Waals surface area contributed by atoms with Crippen molar-refractivity contribution in [1.29, 1.82) is 0 Å². The zero-order valence-corrected chi connectivity index (χ0v) is 12.3. The van der Waals surface area contributed by atoms with Crippen LogP contribution in [-0.2, 0) is 6.42 Å². The second-order valence-electron chi connectivity index (χ2n) is 5.58. The summed E-state index contributed by atoms with van der Waals surface area (Å²) in [4.78, 5) is 14.1. The Kier molecular flexibility index (Phi) is 5.01. The first-order chi connectivity index (χ1) is 9.63. The van der Waals surface area contributed by atoms with Crippen LogP contribution in [0.5, 0.6) is 0 Å². The number of aliphatic hydroxyl groups excluding tert-OH is 1. The molecular weight excluding hydrogens is 252 g/mol. The number of hydrogen-bond acceptors (Lipinski definition) is 2. The molecule has 0 aliphatic heterocycles. The number of hydrogen-bond donors (Lipinski definition) is 2. The van der Waals surface area contributed by atoms with Gasteiger partial charge in [0.15, 0.2) is 0 Å². The average molecular weight is 276 g/mol. The summed E-state index contributed by atoms with van der Waals surface area (Å²) >= 11 is 0. The molecule has 0 fully saturated rings. The molecule has 2 N–H and O–H groups in total. The van der Waals surface area contributed by atoms with Crippen LogP contribution in [-0.4, -0.2) is 35.7 Å². The van der Waals surface area contributed by atoms with Crippen LogP contribution >= 0.6 is 0 Å². The fraction of sp³-hybridized carbons (Fsp3) is 0.562. The Bertz CT molecular complexity index is 462. The lowest BCUT2D eigenvalue weighted by molar-refractivity contribution is 0.185. The molecule has 0 heterocycles. The number of carbonyl (C=O) groups excluding carboxylic acids is 1. The summed E-state index contributed by atoms with van der Waals surface area (Å²) in [5, 5.41) is 11.8. The molecule has 0 saturated heterocycles. The highest BCUT2D eigenvalue weighted by atomic mass is 16.3. The maximum atomic E-state index is 12.3. The highest BCUT2D eigenvalue weighted by Gasteiger charge is 2.28. The van der Waals surface area contributed by atoms with E-state index in [1.807, 2.05) is 20.0 Å². The van der Waals surface area contributed by atoms with Crippen LogP contribution in [0.4, 0.5) is 4.79 Å². The van der Waals surface area contributed by atoms with Crippen molar-refractivity contribution < 1.29 is 9.90 Å². The minimum absolute atomic E-state index is 0.0304. The van der Waals surface area contributed by atoms with Gasteiger partial charge in [0, 0.05) is 19.7 Å². The second kappa shape index (κ2) is 6.75. The molecule has 4 heteroatoms. The number of fused-ring (bicyclic) bond motifs is 1. The number of aryl methyl sites for hydroxylation is 1. The summed E-state index contributed by atoms with van der Waals surface area (Å²) < 4.78 is 0. The van der Waals surface area contributed by atoms with Gasteiger partial charge in [-0.05, 0) is 43.7 Å². The third kappa shape index (κ3) is 3.31. The largest absolute Gasteiger partial charge is 0.396 e. The SMILES string of the molecule is CC(CCCO)NC(=O)N(C)C1CCc2ccccc21. The Labute approximate surface area is 120 Å². The van der Waals surface area contributed by atoms with E-state index in [1.54, 1.807) is 4.90 Å². The molecule has 0 saturated carbocycles. The van der Waals surface area contributed by atoms with Crippen molar-refractivity contribution in [2.45, 2.75) is 44.7 Å². The first-order valence-electron chi connectivity index (χ1n) is 7.35. The van der Waals surface area contributed by atoms with E-state index in [2.05, 4.69) is 23.5 Å². The van der Waals surface area contributed by atoms with E-state index in [4.69, 9.17) is 5.11 Å². The smallest absolute Gasteiger partial charge is 0.317 e. The first-order valence-corrected chi connectivity index (χ1v) is 7.35. The van der Waals surface area contributed by atoms with Crippen LogP contribution in [0.1, 0.15) is 43.4 Å². The maximum absolute atomic E-state index is 12.3. The Morgan fingerprint density at radius 2 is 2.25 bits per heavy atom. The third-order valence-electron chi connectivity index (χ3n) is 4.05. The number of nitrogens with one attached hydrogen (secondary N) is 1. The molecule has 2 rings (SSSR count). The minimum atomic E-state index is -0.0304. The summed E-state index contributed by atoms with van der Waals surface area (Å²) in [6, 6.07) is 8.59. The van der Waals surface area contributed by atoms with E-state index >= 15 is 0 Å². The zero-order valence-electron chi connectivity index (χ0n) is 12.3. The number of urea groups is 1. The summed E-state index contributed by atoms with van der Waals surface area (Å²) in [6.45, 7) is 2.15. The van der Waals surface area contributed by atoms with Crippen LogP contribution < -0.4 is 5.32 Å². The summed E-state index contributed by atoms with van der Waals surface area (Å²) in [7, 11) is 1.86. The Morgan fingerprint density at radius 1 is 1.50 bits per heavy atom. The molecule has 0 aromatic heterocycles. The van der Waals surface area contributed by atoms with Crippen LogP contribution in [0.2, 0.25) is 0 Å². The molecule has 1 aliphatic carbocycles. The summed E-state index contributed by atoms with van der Waals surface area (Å²) in [5.74, 6) is 0. The lowest BCUT2D eigenvalue weighted by atomic mass is 10.1. The van der Waals surface area contributed by atoms with Crippen molar-refractivity contribution in [2.24, 2.45) is 0 Å². The quantitative estimate of drug-likeness (QED) is 0.868. The number of benzene rings is 1. The molecule has 2 atom stereocenters. The standard InChI is InChI=1S/C16H24N2O2/c1-12(6-5-11-19)17-16(20)18(2)15-10-9-13-7-3-4-8-14(13)15/h3-4,7-8,12,15,19H,5-6,9-11H2,1-2H3,(H,17,20). The van der Waals surface area contributed by atoms with Gasteiger partial charge >= 0.3 is 6.03 Å². The lowest BCUT2D eigenvalue weighted by Gasteiger charge is -2.27. The van der Waals surface area contributed by atoms with E-state index in [0.29, 0.717) is 0 Å². The first kappa shape index (κ1) is 14.9. The van der Waals surface area contributed by atoms with Gasteiger partial charge < -0.3 is 15.3 Å². The Balaban J connectivity index is 1.95. The van der Waals surface area contributed by atoms with Crippen molar-refractivity contribution >= 4 is 6.03 Å². The topological polar surface area (TPSA) is 52.6 Å². The van der Waals surface area contributed by atoms with Gasteiger partial charge in [0.05, 0.1) is 6.04 Å². The summed E-state index contributed by atoms with van der Waals surface area (Å²) in [6.07, 6.45) is 3.56. The zero-order chi connectivity index (χ0) is 14.5. The van der Waals surface area contributed by atoms with E-state index in [9.17, 15) is 4.79 Å². The molecule has 0 bridgehead atoms. The molecule has 2 amide bonds. The number of amides is 2. The van der Waals surface area contributed by atoms with E-state index in [1.165, 1.54) is 11.1 Å². The number of aliphatic hydroxyl groups is 1. The van der Waals surface area contributed by atoms with Gasteiger partial charge in [0.1, 0.15) is 0 Å². The van der Waals surface area contributed by atoms with Gasteiger partial charge in [-0.25, -0.2) is 4.79 Å². The van der Waals surface area contributed by atoms with Crippen LogP contribution in [0.3, 0.4) is 0 Å². The van der Waals surface area contributed by atoms with Gasteiger partial charge in [-0.15, -0.1) is 0 Å². The molecule has 0 spiro atoms. The predicted molar refractivity (Wildman–Crippen MR) is 79.6 cm³/mol. The molecule has 20 heavy (non-hydrogen) atoms. The monoisotopic (exact) mass is 276 g/mol. The molecule has 1 aromatic carbocycles. The van der Waals surface area contributed by atoms with Crippen molar-refractivity contribution in [1.82, 2.24) is 10.2 Å². The van der Waals surface area contributed by atoms with Gasteiger partial charge in [0.25, 0.3) is 0 Å². The maximum Gasteiger partial charge on any atom is 0.317 e. The predicted octanol–water partition coefficient (Wildman–Crippen LogP) is 2.48. The Hall–Kier alpha value is -1.55. The van der Waals surface area contributed by atoms with Crippen LogP contribution in [0.25, 0.3) is 0 Å². The van der Waals surface area contributed by atoms with Gasteiger partial charge in [-0.1, -0.05) is 24.3 Å². The van der Waals surface area contributed by atoms with Crippen molar-refractivity contribution in [3.05, 3.63) is 35.4 Å². The molecule has 4 nitrogen and oxygen atoms in total. The molecule has 1 aromatic rings. The number of rotatable bonds is 5. The highest BCUT2D eigenvalue weighted by Crippen LogP contribution is 2.34. The molecular formula is C16H24N2O2.